The maximum Gasteiger partial charge on any atom is 0.315 e. The van der Waals surface area contributed by atoms with Crippen LogP contribution in [0.1, 0.15) is 23.1 Å². The lowest BCUT2D eigenvalue weighted by atomic mass is 10.0. The molecule has 0 aliphatic carbocycles. The third-order valence-corrected chi connectivity index (χ3v) is 2.08. The summed E-state index contributed by atoms with van der Waals surface area (Å²) >= 11 is 0. The van der Waals surface area contributed by atoms with Crippen LogP contribution in [0.4, 0.5) is 5.69 Å². The Balaban J connectivity index is 2.98. The first-order valence-electron chi connectivity index (χ1n) is 4.58. The summed E-state index contributed by atoms with van der Waals surface area (Å²) in [5.41, 5.74) is 9.22. The lowest BCUT2D eigenvalue weighted by Gasteiger charge is -2.03. The summed E-state index contributed by atoms with van der Waals surface area (Å²) in [6.07, 6.45) is -0.136. The molecule has 0 atom stereocenters. The first-order chi connectivity index (χ1) is 7.00. The van der Waals surface area contributed by atoms with E-state index in [0.29, 0.717) is 0 Å². The van der Waals surface area contributed by atoms with E-state index in [0.717, 1.165) is 22.4 Å². The quantitative estimate of drug-likeness (QED) is 0.539. The fourth-order valence-corrected chi connectivity index (χ4v) is 1.19. The highest BCUT2D eigenvalue weighted by molar-refractivity contribution is 5.70. The van der Waals surface area contributed by atoms with Crippen LogP contribution in [0.2, 0.25) is 0 Å². The van der Waals surface area contributed by atoms with Gasteiger partial charge in [-0.3, -0.25) is 4.79 Å². The van der Waals surface area contributed by atoms with Crippen molar-refractivity contribution in [3.05, 3.63) is 28.8 Å². The van der Waals surface area contributed by atoms with Crippen LogP contribution < -0.4 is 5.73 Å². The molecule has 0 aliphatic heterocycles. The van der Waals surface area contributed by atoms with E-state index in [1.807, 2.05) is 26.0 Å². The largest absolute Gasteiger partial charge is 0.481 e. The minimum atomic E-state index is -0.910. The van der Waals surface area contributed by atoms with Gasteiger partial charge in [0.25, 0.3) is 0 Å². The number of carboxylic acid groups (broad SMARTS) is 1. The Morgan fingerprint density at radius 3 is 2.67 bits per heavy atom. The van der Waals surface area contributed by atoms with Crippen LogP contribution >= 0.6 is 0 Å². The molecule has 15 heavy (non-hydrogen) atoms. The molecule has 0 heterocycles. The van der Waals surface area contributed by atoms with Gasteiger partial charge in [0.2, 0.25) is 0 Å². The van der Waals surface area contributed by atoms with Crippen molar-refractivity contribution in [2.75, 3.05) is 5.73 Å². The molecule has 0 bridgehead atoms. The van der Waals surface area contributed by atoms with Crippen molar-refractivity contribution in [1.82, 2.24) is 0 Å². The number of carboxylic acids is 1. The standard InChI is InChI=1S/C12H13NO2/c1-8-7-11(13)9(2)6-10(8)4-3-5-12(14)15/h6-7H,5,13H2,1-2H3,(H,14,15). The zero-order valence-corrected chi connectivity index (χ0v) is 8.79. The van der Waals surface area contributed by atoms with Gasteiger partial charge in [-0.2, -0.15) is 0 Å². The average molecular weight is 203 g/mol. The summed E-state index contributed by atoms with van der Waals surface area (Å²) in [5, 5.41) is 8.44. The zero-order chi connectivity index (χ0) is 11.4. The molecule has 0 unspecified atom stereocenters. The minimum absolute atomic E-state index is 0.136. The molecule has 3 N–H and O–H groups in total. The summed E-state index contributed by atoms with van der Waals surface area (Å²) < 4.78 is 0. The molecule has 0 fully saturated rings. The number of aliphatic carboxylic acids is 1. The molecule has 0 aliphatic rings. The number of aryl methyl sites for hydroxylation is 2. The highest BCUT2D eigenvalue weighted by atomic mass is 16.4. The summed E-state index contributed by atoms with van der Waals surface area (Å²) in [6, 6.07) is 3.72. The van der Waals surface area contributed by atoms with Gasteiger partial charge in [-0.1, -0.05) is 11.8 Å². The van der Waals surface area contributed by atoms with Crippen molar-refractivity contribution in [3.8, 4) is 11.8 Å². The third-order valence-electron chi connectivity index (χ3n) is 2.08. The monoisotopic (exact) mass is 203 g/mol. The molecule has 0 radical (unpaired) electrons. The predicted molar refractivity (Wildman–Crippen MR) is 59.5 cm³/mol. The molecule has 3 heteroatoms. The second-order valence-corrected chi connectivity index (χ2v) is 3.40. The minimum Gasteiger partial charge on any atom is -0.481 e. The molecule has 0 aromatic heterocycles. The van der Waals surface area contributed by atoms with E-state index in [2.05, 4.69) is 11.8 Å². The van der Waals surface area contributed by atoms with Crippen LogP contribution in [-0.2, 0) is 4.79 Å². The van der Waals surface area contributed by atoms with Gasteiger partial charge in [0.15, 0.2) is 0 Å². The van der Waals surface area contributed by atoms with Crippen LogP contribution in [0.5, 0.6) is 0 Å². The smallest absolute Gasteiger partial charge is 0.315 e. The van der Waals surface area contributed by atoms with Crippen molar-refractivity contribution < 1.29 is 9.90 Å². The molecule has 1 aromatic rings. The van der Waals surface area contributed by atoms with Gasteiger partial charge in [-0.05, 0) is 37.1 Å². The Bertz CT molecular complexity index is 453. The van der Waals surface area contributed by atoms with Gasteiger partial charge < -0.3 is 10.8 Å². The van der Waals surface area contributed by atoms with Crippen LogP contribution in [0.3, 0.4) is 0 Å². The predicted octanol–water partition coefficient (Wildman–Crippen LogP) is 1.71. The summed E-state index contributed by atoms with van der Waals surface area (Å²) in [7, 11) is 0. The van der Waals surface area contributed by atoms with Crippen molar-refractivity contribution in [3.63, 3.8) is 0 Å². The second-order valence-electron chi connectivity index (χ2n) is 3.40. The zero-order valence-electron chi connectivity index (χ0n) is 8.79. The molecule has 0 amide bonds. The van der Waals surface area contributed by atoms with Crippen molar-refractivity contribution in [1.29, 1.82) is 0 Å². The topological polar surface area (TPSA) is 63.3 Å². The van der Waals surface area contributed by atoms with Crippen LogP contribution in [0.25, 0.3) is 0 Å². The fraction of sp³-hybridized carbons (Fsp3) is 0.250. The first kappa shape index (κ1) is 11.1. The Morgan fingerprint density at radius 1 is 1.40 bits per heavy atom. The number of benzene rings is 1. The maximum atomic E-state index is 10.3. The highest BCUT2D eigenvalue weighted by Crippen LogP contribution is 2.16. The number of carbonyl (C=O) groups is 1. The van der Waals surface area contributed by atoms with E-state index < -0.39 is 5.97 Å². The van der Waals surface area contributed by atoms with Crippen LogP contribution in [0, 0.1) is 25.7 Å². The fourth-order valence-electron chi connectivity index (χ4n) is 1.19. The second kappa shape index (κ2) is 4.52. The number of anilines is 1. The van der Waals surface area contributed by atoms with Gasteiger partial charge >= 0.3 is 5.97 Å². The Morgan fingerprint density at radius 2 is 2.07 bits per heavy atom. The van der Waals surface area contributed by atoms with Gasteiger partial charge in [-0.25, -0.2) is 0 Å². The molecule has 78 valence electrons. The van der Waals surface area contributed by atoms with E-state index in [-0.39, 0.29) is 6.42 Å². The molecule has 3 nitrogen and oxygen atoms in total. The lowest BCUT2D eigenvalue weighted by Crippen LogP contribution is -1.94. The summed E-state index contributed by atoms with van der Waals surface area (Å²) in [6.45, 7) is 3.80. The molecule has 1 rings (SSSR count). The van der Waals surface area contributed by atoms with Crippen LogP contribution in [-0.4, -0.2) is 11.1 Å². The molecular weight excluding hydrogens is 190 g/mol. The van der Waals surface area contributed by atoms with Crippen molar-refractivity contribution in [2.24, 2.45) is 0 Å². The number of nitrogens with two attached hydrogens (primary N) is 1. The first-order valence-corrected chi connectivity index (χ1v) is 4.58. The Labute approximate surface area is 88.9 Å². The highest BCUT2D eigenvalue weighted by Gasteiger charge is 1.99. The lowest BCUT2D eigenvalue weighted by molar-refractivity contribution is -0.135. The SMILES string of the molecule is Cc1cc(C#CCC(=O)O)c(C)cc1N. The number of rotatable bonds is 1. The molecule has 1 aromatic carbocycles. The number of hydrogen-bond acceptors (Lipinski definition) is 2. The Hall–Kier alpha value is -1.95. The summed E-state index contributed by atoms with van der Waals surface area (Å²) in [5.74, 6) is 4.51. The molecule has 0 saturated heterocycles. The van der Waals surface area contributed by atoms with E-state index in [1.54, 1.807) is 0 Å². The third kappa shape index (κ3) is 3.03. The number of nitrogen functional groups attached to an aromatic ring is 1. The summed E-state index contributed by atoms with van der Waals surface area (Å²) in [4.78, 5) is 10.3. The van der Waals surface area contributed by atoms with Gasteiger partial charge in [0.1, 0.15) is 6.42 Å². The molecule has 0 spiro atoms. The van der Waals surface area contributed by atoms with E-state index >= 15 is 0 Å². The van der Waals surface area contributed by atoms with E-state index in [9.17, 15) is 4.79 Å². The molecule has 0 saturated carbocycles. The van der Waals surface area contributed by atoms with Crippen LogP contribution in [0.15, 0.2) is 12.1 Å². The molecular formula is C12H13NO2. The van der Waals surface area contributed by atoms with Gasteiger partial charge in [0.05, 0.1) is 0 Å². The number of hydrogen-bond donors (Lipinski definition) is 2. The van der Waals surface area contributed by atoms with Gasteiger partial charge in [0, 0.05) is 11.3 Å². The maximum absolute atomic E-state index is 10.3. The van der Waals surface area contributed by atoms with Crippen molar-refractivity contribution in [2.45, 2.75) is 20.3 Å². The van der Waals surface area contributed by atoms with Crippen molar-refractivity contribution >= 4 is 11.7 Å². The normalized spacial score (nSPS) is 9.20. The average Bonchev–Trinajstić information content (AvgIpc) is 2.13. The van der Waals surface area contributed by atoms with E-state index in [4.69, 9.17) is 10.8 Å². The Kier molecular flexibility index (Phi) is 3.35. The van der Waals surface area contributed by atoms with Gasteiger partial charge in [-0.15, -0.1) is 0 Å². The van der Waals surface area contributed by atoms with E-state index in [1.165, 1.54) is 0 Å².